The Morgan fingerprint density at radius 1 is 0.839 bits per heavy atom. The summed E-state index contributed by atoms with van der Waals surface area (Å²) in [4.78, 5) is 23.9. The first-order valence-corrected chi connectivity index (χ1v) is 10.3. The Balaban J connectivity index is 1.55. The van der Waals surface area contributed by atoms with Crippen LogP contribution < -0.4 is 4.74 Å². The van der Waals surface area contributed by atoms with Gasteiger partial charge in [0.2, 0.25) is 0 Å². The Hall–Kier alpha value is -3.60. The van der Waals surface area contributed by atoms with Crippen molar-refractivity contribution in [2.45, 2.75) is 25.7 Å². The van der Waals surface area contributed by atoms with Gasteiger partial charge < -0.3 is 14.6 Å². The number of benzene rings is 3. The van der Waals surface area contributed by atoms with E-state index in [1.807, 2.05) is 42.5 Å². The molecule has 0 aliphatic rings. The Morgan fingerprint density at radius 3 is 2.23 bits per heavy atom. The van der Waals surface area contributed by atoms with Crippen LogP contribution in [-0.4, -0.2) is 30.6 Å². The van der Waals surface area contributed by atoms with E-state index in [1.165, 1.54) is 13.2 Å². The van der Waals surface area contributed by atoms with Gasteiger partial charge in [-0.25, -0.2) is 0 Å². The highest BCUT2D eigenvalue weighted by Crippen LogP contribution is 2.27. The number of hydrogen-bond acceptors (Lipinski definition) is 5. The zero-order chi connectivity index (χ0) is 22.1. The summed E-state index contributed by atoms with van der Waals surface area (Å²) in [5, 5.41) is 10.3. The summed E-state index contributed by atoms with van der Waals surface area (Å²) in [5.74, 6) is -0.0611. The van der Waals surface area contributed by atoms with Gasteiger partial charge in [0.15, 0.2) is 5.78 Å². The molecule has 5 nitrogen and oxygen atoms in total. The molecular formula is C26H26O5. The van der Waals surface area contributed by atoms with Crippen molar-refractivity contribution in [2.24, 2.45) is 0 Å². The topological polar surface area (TPSA) is 72.8 Å². The van der Waals surface area contributed by atoms with Gasteiger partial charge in [-0.3, -0.25) is 9.59 Å². The number of unbranched alkanes of at least 4 members (excludes halogenated alkanes) is 2. The van der Waals surface area contributed by atoms with Crippen molar-refractivity contribution in [3.63, 3.8) is 0 Å². The second kappa shape index (κ2) is 11.0. The third-order valence-corrected chi connectivity index (χ3v) is 4.99. The molecule has 1 N–H and O–H groups in total. The van der Waals surface area contributed by atoms with Gasteiger partial charge >= 0.3 is 5.97 Å². The molecule has 3 aromatic carbocycles. The molecule has 0 amide bonds. The van der Waals surface area contributed by atoms with Crippen molar-refractivity contribution in [1.82, 2.24) is 0 Å². The minimum absolute atomic E-state index is 0.111. The predicted octanol–water partition coefficient (Wildman–Crippen LogP) is 5.40. The van der Waals surface area contributed by atoms with Crippen LogP contribution in [0, 0.1) is 0 Å². The number of ketones is 1. The van der Waals surface area contributed by atoms with Crippen LogP contribution in [0.1, 0.15) is 41.6 Å². The van der Waals surface area contributed by atoms with Crippen LogP contribution in [-0.2, 0) is 9.53 Å². The predicted molar refractivity (Wildman–Crippen MR) is 119 cm³/mol. The molecule has 0 aliphatic carbocycles. The molecule has 3 rings (SSSR count). The maximum Gasteiger partial charge on any atom is 0.305 e. The van der Waals surface area contributed by atoms with Crippen molar-refractivity contribution in [3.05, 3.63) is 83.9 Å². The normalized spacial score (nSPS) is 10.5. The fraction of sp³-hybridized carbons (Fsp3) is 0.231. The van der Waals surface area contributed by atoms with Gasteiger partial charge in [-0.05, 0) is 42.5 Å². The SMILES string of the molecule is COC(=O)CCCCCOc1ccc(C(=O)c2ccc(-c3ccccc3)cc2)c(O)c1. The minimum Gasteiger partial charge on any atom is -0.507 e. The van der Waals surface area contributed by atoms with E-state index in [0.717, 1.165) is 30.4 Å². The summed E-state index contributed by atoms with van der Waals surface area (Å²) < 4.78 is 10.2. The van der Waals surface area contributed by atoms with Gasteiger partial charge in [-0.2, -0.15) is 0 Å². The number of phenols is 1. The number of phenolic OH excluding ortho intramolecular Hbond substituents is 1. The first kappa shape index (κ1) is 22.1. The molecule has 0 heterocycles. The maximum absolute atomic E-state index is 12.8. The molecule has 0 bridgehead atoms. The number of carbonyl (C=O) groups is 2. The van der Waals surface area contributed by atoms with Crippen LogP contribution in [0.4, 0.5) is 0 Å². The van der Waals surface area contributed by atoms with E-state index >= 15 is 0 Å². The average molecular weight is 418 g/mol. The summed E-state index contributed by atoms with van der Waals surface area (Å²) in [6.45, 7) is 0.467. The summed E-state index contributed by atoms with van der Waals surface area (Å²) in [5.41, 5.74) is 2.85. The molecule has 0 atom stereocenters. The molecule has 0 saturated heterocycles. The Labute approximate surface area is 182 Å². The van der Waals surface area contributed by atoms with E-state index < -0.39 is 0 Å². The molecule has 3 aromatic rings. The lowest BCUT2D eigenvalue weighted by Gasteiger charge is -2.09. The highest BCUT2D eigenvalue weighted by atomic mass is 16.5. The largest absolute Gasteiger partial charge is 0.507 e. The second-order valence-corrected chi connectivity index (χ2v) is 7.19. The number of carbonyl (C=O) groups excluding carboxylic acids is 2. The molecule has 0 fully saturated rings. The lowest BCUT2D eigenvalue weighted by Crippen LogP contribution is -2.03. The number of esters is 1. The molecule has 5 heteroatoms. The zero-order valence-electron chi connectivity index (χ0n) is 17.5. The number of aromatic hydroxyl groups is 1. The zero-order valence-corrected chi connectivity index (χ0v) is 17.5. The van der Waals surface area contributed by atoms with Crippen molar-refractivity contribution in [1.29, 1.82) is 0 Å². The third kappa shape index (κ3) is 6.19. The monoisotopic (exact) mass is 418 g/mol. The van der Waals surface area contributed by atoms with E-state index in [-0.39, 0.29) is 23.1 Å². The smallest absolute Gasteiger partial charge is 0.305 e. The highest BCUT2D eigenvalue weighted by Gasteiger charge is 2.14. The van der Waals surface area contributed by atoms with Gasteiger partial charge in [0.05, 0.1) is 19.3 Å². The van der Waals surface area contributed by atoms with Crippen LogP contribution >= 0.6 is 0 Å². The van der Waals surface area contributed by atoms with Crippen LogP contribution in [0.3, 0.4) is 0 Å². The first-order valence-electron chi connectivity index (χ1n) is 10.3. The standard InChI is InChI=1S/C26H26O5/c1-30-25(28)10-6-3-7-17-31-22-15-16-23(24(27)18-22)26(29)21-13-11-20(12-14-21)19-8-4-2-5-9-19/h2,4-5,8-9,11-16,18,27H,3,6-7,10,17H2,1H3. The molecule has 0 unspecified atom stereocenters. The van der Waals surface area contributed by atoms with Crippen LogP contribution in [0.5, 0.6) is 11.5 Å². The quantitative estimate of drug-likeness (QED) is 0.271. The molecule has 0 radical (unpaired) electrons. The number of methoxy groups -OCH3 is 1. The van der Waals surface area contributed by atoms with Crippen molar-refractivity contribution in [2.75, 3.05) is 13.7 Å². The van der Waals surface area contributed by atoms with E-state index in [4.69, 9.17) is 4.74 Å². The van der Waals surface area contributed by atoms with E-state index in [9.17, 15) is 14.7 Å². The summed E-state index contributed by atoms with van der Waals surface area (Å²) in [6.07, 6.45) is 2.78. The van der Waals surface area contributed by atoms with E-state index in [1.54, 1.807) is 24.3 Å². The van der Waals surface area contributed by atoms with Crippen LogP contribution in [0.25, 0.3) is 11.1 Å². The fourth-order valence-electron chi connectivity index (χ4n) is 3.23. The molecular weight excluding hydrogens is 392 g/mol. The van der Waals surface area contributed by atoms with Gasteiger partial charge in [0.25, 0.3) is 0 Å². The molecule has 0 spiro atoms. The third-order valence-electron chi connectivity index (χ3n) is 4.99. The molecule has 31 heavy (non-hydrogen) atoms. The van der Waals surface area contributed by atoms with Gasteiger partial charge in [-0.15, -0.1) is 0 Å². The molecule has 0 saturated carbocycles. The Kier molecular flexibility index (Phi) is 7.82. The lowest BCUT2D eigenvalue weighted by atomic mass is 9.99. The number of ether oxygens (including phenoxy) is 2. The van der Waals surface area contributed by atoms with Gasteiger partial charge in [-0.1, -0.05) is 54.6 Å². The highest BCUT2D eigenvalue weighted by molar-refractivity contribution is 6.10. The van der Waals surface area contributed by atoms with Crippen LogP contribution in [0.2, 0.25) is 0 Å². The van der Waals surface area contributed by atoms with E-state index in [0.29, 0.717) is 24.3 Å². The fourth-order valence-corrected chi connectivity index (χ4v) is 3.23. The lowest BCUT2D eigenvalue weighted by molar-refractivity contribution is -0.140. The summed E-state index contributed by atoms with van der Waals surface area (Å²) >= 11 is 0. The maximum atomic E-state index is 12.8. The average Bonchev–Trinajstić information content (AvgIpc) is 2.81. The molecule has 0 aromatic heterocycles. The Morgan fingerprint density at radius 2 is 1.55 bits per heavy atom. The Bertz CT molecular complexity index is 1010. The van der Waals surface area contributed by atoms with Gasteiger partial charge in [0.1, 0.15) is 11.5 Å². The van der Waals surface area contributed by atoms with Gasteiger partial charge in [0, 0.05) is 18.1 Å². The van der Waals surface area contributed by atoms with Crippen molar-refractivity contribution >= 4 is 11.8 Å². The summed E-state index contributed by atoms with van der Waals surface area (Å²) in [7, 11) is 1.38. The molecule has 160 valence electrons. The van der Waals surface area contributed by atoms with E-state index in [2.05, 4.69) is 4.74 Å². The first-order chi connectivity index (χ1) is 15.1. The number of hydrogen-bond donors (Lipinski definition) is 1. The van der Waals surface area contributed by atoms with Crippen molar-refractivity contribution < 1.29 is 24.2 Å². The summed E-state index contributed by atoms with van der Waals surface area (Å²) in [6, 6.07) is 22.0. The van der Waals surface area contributed by atoms with Crippen molar-refractivity contribution in [3.8, 4) is 22.6 Å². The minimum atomic E-state index is -0.244. The second-order valence-electron chi connectivity index (χ2n) is 7.19. The number of rotatable bonds is 10. The molecule has 0 aliphatic heterocycles. The van der Waals surface area contributed by atoms with Crippen LogP contribution in [0.15, 0.2) is 72.8 Å².